The highest BCUT2D eigenvalue weighted by atomic mass is 35.5. The molecule has 0 aliphatic rings. The first-order chi connectivity index (χ1) is 13.6. The Morgan fingerprint density at radius 2 is 1.86 bits per heavy atom. The third-order valence-corrected chi connectivity index (χ3v) is 6.15. The van der Waals surface area contributed by atoms with E-state index in [1.807, 2.05) is 36.7 Å². The molecule has 142 valence electrons. The van der Waals surface area contributed by atoms with Crippen LogP contribution in [0.1, 0.15) is 17.0 Å². The van der Waals surface area contributed by atoms with Gasteiger partial charge in [-0.05, 0) is 47.0 Å². The van der Waals surface area contributed by atoms with Crippen LogP contribution in [0.5, 0.6) is 5.75 Å². The number of benzene rings is 3. The lowest BCUT2D eigenvalue weighted by Crippen LogP contribution is -2.04. The van der Waals surface area contributed by atoms with Gasteiger partial charge in [0.2, 0.25) is 0 Å². The molecular weight excluding hydrogens is 390 g/mol. The molecule has 0 N–H and O–H groups in total. The molecule has 0 fully saturated rings. The normalized spacial score (nSPS) is 11.1. The summed E-state index contributed by atoms with van der Waals surface area (Å²) in [6, 6.07) is 20.5. The van der Waals surface area contributed by atoms with Gasteiger partial charge in [-0.3, -0.25) is 0 Å². The Bertz CT molecular complexity index is 1120. The summed E-state index contributed by atoms with van der Waals surface area (Å²) in [6.45, 7) is 2.32. The second-order valence-corrected chi connectivity index (χ2v) is 7.93. The molecule has 0 saturated carbocycles. The molecule has 0 aliphatic carbocycles. The Balaban J connectivity index is 1.44. The Labute approximate surface area is 173 Å². The lowest BCUT2D eigenvalue weighted by molar-refractivity contribution is 0.290. The molecule has 0 bridgehead atoms. The molecule has 0 aliphatic heterocycles. The number of fused-ring (bicyclic) bond motifs is 1. The van der Waals surface area contributed by atoms with E-state index in [0.717, 1.165) is 33.1 Å². The quantitative estimate of drug-likeness (QED) is 0.377. The molecule has 3 aromatic carbocycles. The van der Waals surface area contributed by atoms with E-state index in [1.165, 1.54) is 16.3 Å². The van der Waals surface area contributed by atoms with Crippen LogP contribution in [-0.2, 0) is 19.4 Å². The molecule has 0 saturated heterocycles. The number of rotatable bonds is 6. The molecular formula is C22H20ClN3OS. The first-order valence-corrected chi connectivity index (χ1v) is 10.3. The average molecular weight is 410 g/mol. The monoisotopic (exact) mass is 409 g/mol. The molecule has 4 rings (SSSR count). The fourth-order valence-electron chi connectivity index (χ4n) is 3.01. The topological polar surface area (TPSA) is 39.9 Å². The van der Waals surface area contributed by atoms with Crippen molar-refractivity contribution in [3.8, 4) is 5.75 Å². The maximum Gasteiger partial charge on any atom is 0.191 e. The Kier molecular flexibility index (Phi) is 5.55. The van der Waals surface area contributed by atoms with Crippen molar-refractivity contribution >= 4 is 34.1 Å². The second kappa shape index (κ2) is 8.25. The predicted molar refractivity (Wildman–Crippen MR) is 115 cm³/mol. The molecule has 0 atom stereocenters. The van der Waals surface area contributed by atoms with Crippen molar-refractivity contribution in [2.24, 2.45) is 7.05 Å². The Hall–Kier alpha value is -2.50. The zero-order valence-corrected chi connectivity index (χ0v) is 17.3. The van der Waals surface area contributed by atoms with Crippen molar-refractivity contribution in [1.82, 2.24) is 14.8 Å². The molecule has 0 unspecified atom stereocenters. The SMILES string of the molecule is Cc1cc(OCc2nnc(SCc3cccc4ccccc34)n2C)ccc1Cl. The maximum absolute atomic E-state index is 6.06. The van der Waals surface area contributed by atoms with Crippen LogP contribution in [-0.4, -0.2) is 14.8 Å². The van der Waals surface area contributed by atoms with Gasteiger partial charge in [-0.2, -0.15) is 0 Å². The summed E-state index contributed by atoms with van der Waals surface area (Å²) in [5.41, 5.74) is 2.28. The largest absolute Gasteiger partial charge is 0.486 e. The molecule has 1 heterocycles. The van der Waals surface area contributed by atoms with Crippen LogP contribution in [0.3, 0.4) is 0 Å². The number of halogens is 1. The number of thioether (sulfide) groups is 1. The number of ether oxygens (including phenoxy) is 1. The molecule has 1 aromatic heterocycles. The first kappa shape index (κ1) is 18.8. The van der Waals surface area contributed by atoms with Crippen LogP contribution >= 0.6 is 23.4 Å². The van der Waals surface area contributed by atoms with Crippen LogP contribution < -0.4 is 4.74 Å². The summed E-state index contributed by atoms with van der Waals surface area (Å²) < 4.78 is 7.84. The van der Waals surface area contributed by atoms with E-state index in [1.54, 1.807) is 11.8 Å². The van der Waals surface area contributed by atoms with Gasteiger partial charge >= 0.3 is 0 Å². The van der Waals surface area contributed by atoms with Crippen molar-refractivity contribution in [3.63, 3.8) is 0 Å². The van der Waals surface area contributed by atoms with E-state index in [4.69, 9.17) is 16.3 Å². The highest BCUT2D eigenvalue weighted by Crippen LogP contribution is 2.27. The summed E-state index contributed by atoms with van der Waals surface area (Å²) in [7, 11) is 1.97. The first-order valence-electron chi connectivity index (χ1n) is 8.98. The van der Waals surface area contributed by atoms with E-state index >= 15 is 0 Å². The fraction of sp³-hybridized carbons (Fsp3) is 0.182. The van der Waals surface area contributed by atoms with Crippen LogP contribution in [0.4, 0.5) is 0 Å². The van der Waals surface area contributed by atoms with Crippen molar-refractivity contribution in [3.05, 3.63) is 82.6 Å². The van der Waals surface area contributed by atoms with Crippen molar-refractivity contribution in [2.75, 3.05) is 0 Å². The van der Waals surface area contributed by atoms with Gasteiger partial charge in [0.05, 0.1) is 0 Å². The van der Waals surface area contributed by atoms with Crippen molar-refractivity contribution in [1.29, 1.82) is 0 Å². The highest BCUT2D eigenvalue weighted by Gasteiger charge is 2.11. The van der Waals surface area contributed by atoms with E-state index in [0.29, 0.717) is 6.61 Å². The van der Waals surface area contributed by atoms with E-state index in [9.17, 15) is 0 Å². The Morgan fingerprint density at radius 1 is 1.04 bits per heavy atom. The standard InChI is InChI=1S/C22H20ClN3OS/c1-15-12-18(10-11-20(15)23)27-13-21-24-25-22(26(21)2)28-14-17-8-5-7-16-6-3-4-9-19(16)17/h3-12H,13-14H2,1-2H3. The minimum Gasteiger partial charge on any atom is -0.486 e. The van der Waals surface area contributed by atoms with Crippen molar-refractivity contribution < 1.29 is 4.74 Å². The van der Waals surface area contributed by atoms with Crippen molar-refractivity contribution in [2.45, 2.75) is 24.4 Å². The fourth-order valence-corrected chi connectivity index (χ4v) is 4.06. The summed E-state index contributed by atoms with van der Waals surface area (Å²) in [6.07, 6.45) is 0. The molecule has 28 heavy (non-hydrogen) atoms. The molecule has 0 spiro atoms. The lowest BCUT2D eigenvalue weighted by atomic mass is 10.1. The zero-order valence-electron chi connectivity index (χ0n) is 15.7. The highest BCUT2D eigenvalue weighted by molar-refractivity contribution is 7.98. The molecule has 6 heteroatoms. The lowest BCUT2D eigenvalue weighted by Gasteiger charge is -2.08. The van der Waals surface area contributed by atoms with Gasteiger partial charge in [0.25, 0.3) is 0 Å². The summed E-state index contributed by atoms with van der Waals surface area (Å²) in [4.78, 5) is 0. The van der Waals surface area contributed by atoms with Gasteiger partial charge in [-0.1, -0.05) is 65.8 Å². The molecule has 0 amide bonds. The van der Waals surface area contributed by atoms with E-state index in [-0.39, 0.29) is 0 Å². The van der Waals surface area contributed by atoms with Crippen LogP contribution in [0, 0.1) is 6.92 Å². The number of aryl methyl sites for hydroxylation is 1. The van der Waals surface area contributed by atoms with Gasteiger partial charge in [-0.25, -0.2) is 0 Å². The Morgan fingerprint density at radius 3 is 2.71 bits per heavy atom. The third-order valence-electron chi connectivity index (χ3n) is 4.66. The summed E-state index contributed by atoms with van der Waals surface area (Å²) in [5, 5.41) is 12.8. The maximum atomic E-state index is 6.06. The van der Waals surface area contributed by atoms with Crippen LogP contribution in [0.15, 0.2) is 65.8 Å². The number of hydrogen-bond acceptors (Lipinski definition) is 4. The van der Waals surface area contributed by atoms with Gasteiger partial charge in [0, 0.05) is 17.8 Å². The predicted octanol–water partition coefficient (Wildman–Crippen LogP) is 5.80. The minimum atomic E-state index is 0.361. The number of nitrogens with zero attached hydrogens (tertiary/aromatic N) is 3. The molecule has 0 radical (unpaired) electrons. The van der Waals surface area contributed by atoms with Gasteiger partial charge in [-0.15, -0.1) is 10.2 Å². The van der Waals surface area contributed by atoms with Crippen LogP contribution in [0.2, 0.25) is 5.02 Å². The minimum absolute atomic E-state index is 0.361. The zero-order chi connectivity index (χ0) is 19.5. The van der Waals surface area contributed by atoms with E-state index in [2.05, 4.69) is 52.7 Å². The number of aromatic nitrogens is 3. The molecule has 4 aromatic rings. The smallest absolute Gasteiger partial charge is 0.191 e. The average Bonchev–Trinajstić information content (AvgIpc) is 3.07. The van der Waals surface area contributed by atoms with Gasteiger partial charge < -0.3 is 9.30 Å². The van der Waals surface area contributed by atoms with Gasteiger partial charge in [0.15, 0.2) is 11.0 Å². The summed E-state index contributed by atoms with van der Waals surface area (Å²) in [5.74, 6) is 2.40. The number of hydrogen-bond donors (Lipinski definition) is 0. The van der Waals surface area contributed by atoms with E-state index < -0.39 is 0 Å². The van der Waals surface area contributed by atoms with Gasteiger partial charge in [0.1, 0.15) is 12.4 Å². The summed E-state index contributed by atoms with van der Waals surface area (Å²) >= 11 is 7.74. The molecule has 4 nitrogen and oxygen atoms in total. The van der Waals surface area contributed by atoms with Crippen LogP contribution in [0.25, 0.3) is 10.8 Å². The third kappa shape index (κ3) is 4.01. The second-order valence-electron chi connectivity index (χ2n) is 6.58.